The van der Waals surface area contributed by atoms with Crippen LogP contribution in [0, 0.1) is 17.2 Å². The van der Waals surface area contributed by atoms with Gasteiger partial charge in [0.1, 0.15) is 11.7 Å². The van der Waals surface area contributed by atoms with Crippen LogP contribution in [0.3, 0.4) is 0 Å². The highest BCUT2D eigenvalue weighted by atomic mass is 35.5. The van der Waals surface area contributed by atoms with E-state index in [0.717, 1.165) is 12.2 Å². The second kappa shape index (κ2) is 4.01. The fourth-order valence-corrected chi connectivity index (χ4v) is 1.13. The van der Waals surface area contributed by atoms with Gasteiger partial charge in [-0.3, -0.25) is 4.79 Å². The Morgan fingerprint density at radius 3 is 2.85 bits per heavy atom. The van der Waals surface area contributed by atoms with Gasteiger partial charge in [-0.15, -0.1) is 0 Å². The largest absolute Gasteiger partial charge is 0.298 e. The Balaban J connectivity index is 3.19. The smallest absolute Gasteiger partial charge is 0.151 e. The standard InChI is InChI=1S/C9H5ClFNO/c10-9-6(5-13)1-2-8(11)3-7(9)4-12/h1-3,5,7H. The topological polar surface area (TPSA) is 40.9 Å². The van der Waals surface area contributed by atoms with E-state index in [0.29, 0.717) is 6.29 Å². The van der Waals surface area contributed by atoms with Crippen molar-refractivity contribution in [3.05, 3.63) is 34.7 Å². The maximum absolute atomic E-state index is 12.8. The first-order valence-corrected chi connectivity index (χ1v) is 3.86. The molecule has 0 heterocycles. The van der Waals surface area contributed by atoms with Crippen LogP contribution in [0.5, 0.6) is 0 Å². The van der Waals surface area contributed by atoms with Crippen LogP contribution >= 0.6 is 11.6 Å². The fraction of sp³-hybridized carbons (Fsp3) is 0.111. The maximum Gasteiger partial charge on any atom is 0.151 e. The van der Waals surface area contributed by atoms with E-state index < -0.39 is 11.7 Å². The number of nitrogens with zero attached hydrogens (tertiary/aromatic N) is 1. The highest BCUT2D eigenvalue weighted by Crippen LogP contribution is 2.25. The van der Waals surface area contributed by atoms with Gasteiger partial charge in [0.2, 0.25) is 0 Å². The Morgan fingerprint density at radius 2 is 2.31 bits per heavy atom. The quantitative estimate of drug-likeness (QED) is 0.605. The number of nitriles is 1. The average molecular weight is 198 g/mol. The van der Waals surface area contributed by atoms with Crippen molar-refractivity contribution in [3.63, 3.8) is 0 Å². The summed E-state index contributed by atoms with van der Waals surface area (Å²) < 4.78 is 12.8. The zero-order valence-corrected chi connectivity index (χ0v) is 7.25. The molecule has 0 aromatic rings. The number of allylic oxidation sites excluding steroid dienone is 6. The first kappa shape index (κ1) is 9.69. The minimum Gasteiger partial charge on any atom is -0.298 e. The third-order valence-corrected chi connectivity index (χ3v) is 2.02. The zero-order chi connectivity index (χ0) is 9.84. The van der Waals surface area contributed by atoms with Crippen molar-refractivity contribution < 1.29 is 9.18 Å². The molecule has 13 heavy (non-hydrogen) atoms. The summed E-state index contributed by atoms with van der Waals surface area (Å²) in [7, 11) is 0. The van der Waals surface area contributed by atoms with Crippen molar-refractivity contribution in [2.75, 3.05) is 0 Å². The summed E-state index contributed by atoms with van der Waals surface area (Å²) in [6.45, 7) is 0. The van der Waals surface area contributed by atoms with Crippen LogP contribution in [0.1, 0.15) is 0 Å². The molecule has 0 spiro atoms. The molecule has 4 heteroatoms. The van der Waals surface area contributed by atoms with Crippen molar-refractivity contribution in [1.82, 2.24) is 0 Å². The minimum absolute atomic E-state index is 0.0569. The van der Waals surface area contributed by atoms with E-state index >= 15 is 0 Å². The lowest BCUT2D eigenvalue weighted by Crippen LogP contribution is -1.95. The van der Waals surface area contributed by atoms with Crippen LogP contribution in [0.2, 0.25) is 0 Å². The van der Waals surface area contributed by atoms with Crippen LogP contribution < -0.4 is 0 Å². The van der Waals surface area contributed by atoms with E-state index in [1.54, 1.807) is 6.07 Å². The van der Waals surface area contributed by atoms with Gasteiger partial charge in [0.25, 0.3) is 0 Å². The molecule has 1 unspecified atom stereocenters. The van der Waals surface area contributed by atoms with E-state index in [-0.39, 0.29) is 10.6 Å². The summed E-state index contributed by atoms with van der Waals surface area (Å²) in [5.41, 5.74) is 0.136. The van der Waals surface area contributed by atoms with Gasteiger partial charge < -0.3 is 0 Å². The van der Waals surface area contributed by atoms with Gasteiger partial charge in [-0.1, -0.05) is 11.6 Å². The molecule has 0 aromatic carbocycles. The molecule has 0 N–H and O–H groups in total. The first-order chi connectivity index (χ1) is 6.19. The number of hydrogen-bond donors (Lipinski definition) is 0. The Bertz CT molecular complexity index is 362. The summed E-state index contributed by atoms with van der Waals surface area (Å²) in [5.74, 6) is -1.45. The summed E-state index contributed by atoms with van der Waals surface area (Å²) in [6.07, 6.45) is 3.91. The summed E-state index contributed by atoms with van der Waals surface area (Å²) in [6, 6.07) is 1.78. The number of aldehydes is 1. The Morgan fingerprint density at radius 1 is 1.62 bits per heavy atom. The molecule has 1 atom stereocenters. The van der Waals surface area contributed by atoms with Crippen molar-refractivity contribution in [2.24, 2.45) is 5.92 Å². The molecular formula is C9H5ClFNO. The Hall–Kier alpha value is -1.40. The second-order valence-electron chi connectivity index (χ2n) is 2.41. The van der Waals surface area contributed by atoms with Crippen molar-refractivity contribution >= 4 is 17.9 Å². The third kappa shape index (κ3) is 2.04. The number of carbonyl (C=O) groups is 1. The van der Waals surface area contributed by atoms with Crippen LogP contribution in [0.15, 0.2) is 34.7 Å². The molecule has 1 aliphatic carbocycles. The fourth-order valence-electron chi connectivity index (χ4n) is 0.906. The van der Waals surface area contributed by atoms with Gasteiger partial charge in [0, 0.05) is 10.6 Å². The van der Waals surface area contributed by atoms with Gasteiger partial charge in [-0.05, 0) is 18.2 Å². The molecule has 0 aromatic heterocycles. The predicted octanol–water partition coefficient (Wildman–Crippen LogP) is 2.24. The summed E-state index contributed by atoms with van der Waals surface area (Å²) in [5, 5.41) is 8.65. The van der Waals surface area contributed by atoms with Gasteiger partial charge in [-0.2, -0.15) is 5.26 Å². The SMILES string of the molecule is N#CC1C=C(F)C=CC(C=O)=C1Cl. The van der Waals surface area contributed by atoms with Gasteiger partial charge in [-0.25, -0.2) is 4.39 Å². The van der Waals surface area contributed by atoms with Crippen molar-refractivity contribution in [2.45, 2.75) is 0 Å². The highest BCUT2D eigenvalue weighted by molar-refractivity contribution is 6.32. The average Bonchev–Trinajstić information content (AvgIpc) is 2.26. The second-order valence-corrected chi connectivity index (χ2v) is 2.82. The van der Waals surface area contributed by atoms with Crippen LogP contribution in [-0.4, -0.2) is 6.29 Å². The Labute approximate surface area is 79.6 Å². The lowest BCUT2D eigenvalue weighted by molar-refractivity contribution is -0.104. The van der Waals surface area contributed by atoms with Gasteiger partial charge >= 0.3 is 0 Å². The van der Waals surface area contributed by atoms with Gasteiger partial charge in [0.05, 0.1) is 6.07 Å². The Kier molecular flexibility index (Phi) is 2.99. The molecule has 66 valence electrons. The third-order valence-electron chi connectivity index (χ3n) is 1.56. The van der Waals surface area contributed by atoms with Crippen LogP contribution in [-0.2, 0) is 4.79 Å². The lowest BCUT2D eigenvalue weighted by atomic mass is 10.1. The highest BCUT2D eigenvalue weighted by Gasteiger charge is 2.15. The summed E-state index contributed by atoms with van der Waals surface area (Å²) in [4.78, 5) is 10.4. The van der Waals surface area contributed by atoms with Gasteiger partial charge in [0.15, 0.2) is 6.29 Å². The molecule has 0 amide bonds. The van der Waals surface area contributed by atoms with E-state index in [9.17, 15) is 9.18 Å². The number of carbonyl (C=O) groups excluding carboxylic acids is 1. The van der Waals surface area contributed by atoms with E-state index in [1.807, 2.05) is 0 Å². The molecule has 0 aliphatic heterocycles. The van der Waals surface area contributed by atoms with E-state index in [2.05, 4.69) is 0 Å². The van der Waals surface area contributed by atoms with Crippen LogP contribution in [0.25, 0.3) is 0 Å². The molecule has 0 fully saturated rings. The normalized spacial score (nSPS) is 21.9. The zero-order valence-electron chi connectivity index (χ0n) is 6.50. The molecular weight excluding hydrogens is 193 g/mol. The number of rotatable bonds is 1. The molecule has 0 radical (unpaired) electrons. The molecule has 0 saturated carbocycles. The minimum atomic E-state index is -0.878. The molecule has 0 saturated heterocycles. The van der Waals surface area contributed by atoms with Crippen molar-refractivity contribution in [1.29, 1.82) is 5.26 Å². The van der Waals surface area contributed by atoms with E-state index in [4.69, 9.17) is 16.9 Å². The predicted molar refractivity (Wildman–Crippen MR) is 46.4 cm³/mol. The lowest BCUT2D eigenvalue weighted by Gasteiger charge is -2.00. The van der Waals surface area contributed by atoms with Crippen molar-refractivity contribution in [3.8, 4) is 6.07 Å². The monoisotopic (exact) mass is 197 g/mol. The molecule has 0 bridgehead atoms. The number of hydrogen-bond acceptors (Lipinski definition) is 2. The van der Waals surface area contributed by atoms with Crippen LogP contribution in [0.4, 0.5) is 4.39 Å². The van der Waals surface area contributed by atoms with E-state index in [1.165, 1.54) is 6.08 Å². The summed E-state index contributed by atoms with van der Waals surface area (Å²) >= 11 is 5.68. The molecule has 1 rings (SSSR count). The number of halogens is 2. The molecule has 1 aliphatic rings. The first-order valence-electron chi connectivity index (χ1n) is 3.49. The maximum atomic E-state index is 12.8. The molecule has 2 nitrogen and oxygen atoms in total.